The molecule has 10 nitrogen and oxygen atoms in total. The maximum Gasteiger partial charge on any atom is 0.295 e. The van der Waals surface area contributed by atoms with E-state index < -0.39 is 0 Å². The highest BCUT2D eigenvalue weighted by molar-refractivity contribution is 7.97. The molecule has 2 aliphatic carbocycles. The summed E-state index contributed by atoms with van der Waals surface area (Å²) in [5.74, 6) is 1.71. The van der Waals surface area contributed by atoms with E-state index in [1.165, 1.54) is 11.9 Å². The topological polar surface area (TPSA) is 123 Å². The number of nitrogens with zero attached hydrogens (tertiary/aromatic N) is 7. The molecule has 0 aliphatic heterocycles. The second kappa shape index (κ2) is 9.79. The minimum absolute atomic E-state index is 0.00769. The van der Waals surface area contributed by atoms with E-state index >= 15 is 0 Å². The zero-order valence-corrected chi connectivity index (χ0v) is 21.9. The Hall–Kier alpha value is -3.44. The molecule has 2 aliphatic rings. The van der Waals surface area contributed by atoms with Gasteiger partial charge in [-0.25, -0.2) is 24.9 Å². The Balaban J connectivity index is 1.40. The fourth-order valence-electron chi connectivity index (χ4n) is 4.71. The molecule has 0 saturated heterocycles. The van der Waals surface area contributed by atoms with Crippen molar-refractivity contribution in [2.45, 2.75) is 62.9 Å². The molecular weight excluding hydrogens is 486 g/mol. The quantitative estimate of drug-likeness (QED) is 0.316. The van der Waals surface area contributed by atoms with Gasteiger partial charge in [-0.1, -0.05) is 0 Å². The number of aromatic nitrogens is 7. The van der Waals surface area contributed by atoms with E-state index in [9.17, 15) is 4.79 Å². The minimum Gasteiger partial charge on any atom is -0.360 e. The van der Waals surface area contributed by atoms with Gasteiger partial charge in [0.15, 0.2) is 17.3 Å². The fourth-order valence-corrected chi connectivity index (χ4v) is 5.18. The molecule has 1 atom stereocenters. The van der Waals surface area contributed by atoms with Crippen molar-refractivity contribution in [2.24, 2.45) is 5.92 Å². The Labute approximate surface area is 218 Å². The first kappa shape index (κ1) is 23.9. The molecule has 0 spiro atoms. The minimum atomic E-state index is -0.178. The van der Waals surface area contributed by atoms with Crippen LogP contribution in [0.25, 0.3) is 22.6 Å². The van der Waals surface area contributed by atoms with E-state index in [1.807, 2.05) is 26.1 Å². The maximum atomic E-state index is 13.7. The monoisotopic (exact) mass is 515 g/mol. The zero-order chi connectivity index (χ0) is 25.5. The second-order valence-corrected chi connectivity index (χ2v) is 10.8. The Morgan fingerprint density at radius 1 is 1.08 bits per heavy atom. The largest absolute Gasteiger partial charge is 0.360 e. The smallest absolute Gasteiger partial charge is 0.295 e. The average molecular weight is 516 g/mol. The number of anilines is 1. The lowest BCUT2D eigenvalue weighted by Crippen LogP contribution is -2.29. The van der Waals surface area contributed by atoms with Gasteiger partial charge in [0.25, 0.3) is 5.56 Å². The second-order valence-electron chi connectivity index (χ2n) is 9.75. The summed E-state index contributed by atoms with van der Waals surface area (Å²) in [6.45, 7) is 4.44. The Bertz CT molecular complexity index is 1510. The van der Waals surface area contributed by atoms with Crippen LogP contribution in [0.4, 0.5) is 5.82 Å². The van der Waals surface area contributed by atoms with Gasteiger partial charge in [-0.05, 0) is 76.6 Å². The van der Waals surface area contributed by atoms with Crippen LogP contribution in [-0.4, -0.2) is 41.5 Å². The highest BCUT2D eigenvalue weighted by atomic mass is 32.2. The molecule has 11 heteroatoms. The molecule has 0 aromatic carbocycles. The van der Waals surface area contributed by atoms with E-state index in [1.54, 1.807) is 23.3 Å². The molecule has 0 unspecified atom stereocenters. The summed E-state index contributed by atoms with van der Waals surface area (Å²) in [6.07, 6.45) is 9.57. The molecule has 37 heavy (non-hydrogen) atoms. The molecule has 6 rings (SSSR count). The third kappa shape index (κ3) is 4.80. The van der Waals surface area contributed by atoms with Crippen LogP contribution in [0.15, 0.2) is 40.5 Å². The van der Waals surface area contributed by atoms with Crippen LogP contribution in [0.1, 0.15) is 61.6 Å². The summed E-state index contributed by atoms with van der Waals surface area (Å²) in [4.78, 5) is 42.4. The molecule has 2 N–H and O–H groups in total. The van der Waals surface area contributed by atoms with Gasteiger partial charge in [-0.2, -0.15) is 0 Å². The van der Waals surface area contributed by atoms with Gasteiger partial charge in [-0.3, -0.25) is 19.1 Å². The number of hydrogen-bond acceptors (Lipinski definition) is 10. The number of pyridine rings is 1. The molecule has 2 fully saturated rings. The first-order valence-electron chi connectivity index (χ1n) is 12.7. The van der Waals surface area contributed by atoms with Crippen molar-refractivity contribution in [1.82, 2.24) is 39.2 Å². The predicted molar refractivity (Wildman–Crippen MR) is 143 cm³/mol. The van der Waals surface area contributed by atoms with Crippen LogP contribution < -0.4 is 15.6 Å². The Morgan fingerprint density at radius 2 is 1.92 bits per heavy atom. The van der Waals surface area contributed by atoms with Crippen LogP contribution in [0.2, 0.25) is 0 Å². The average Bonchev–Trinajstić information content (AvgIpc) is 3.82. The van der Waals surface area contributed by atoms with Gasteiger partial charge >= 0.3 is 0 Å². The first-order chi connectivity index (χ1) is 18.0. The lowest BCUT2D eigenvalue weighted by Gasteiger charge is -2.19. The first-order valence-corrected chi connectivity index (χ1v) is 13.5. The molecule has 4 aromatic rings. The summed E-state index contributed by atoms with van der Waals surface area (Å²) < 4.78 is 4.83. The Kier molecular flexibility index (Phi) is 6.33. The summed E-state index contributed by atoms with van der Waals surface area (Å²) in [5, 5.41) is 3.21. The summed E-state index contributed by atoms with van der Waals surface area (Å²) in [5.41, 5.74) is 4.49. The van der Waals surface area contributed by atoms with E-state index in [-0.39, 0.29) is 17.4 Å². The fraction of sp³-hybridized carbons (Fsp3) is 0.423. The molecule has 0 bridgehead atoms. The lowest BCUT2D eigenvalue weighted by atomic mass is 10.1. The number of fused-ring (bicyclic) bond motifs is 1. The van der Waals surface area contributed by atoms with Crippen LogP contribution in [0.3, 0.4) is 0 Å². The van der Waals surface area contributed by atoms with E-state index in [0.717, 1.165) is 53.2 Å². The standard InChI is InChI=1S/C26H29N9OS/c1-14-21(22(17-6-7-17)32-13-31-14)23-30-12-20-25(34-23)35(15(2)16-4-5-16)26(36)24(33-20)29-10-18-8-9-19(11-28-18)37-27-3/h8-9,11-13,15-17,27H,4-7,10H2,1-3H3,(H,29,33)/t15-/m0/s1. The third-order valence-corrected chi connectivity index (χ3v) is 7.73. The molecular formula is C26H29N9OS. The van der Waals surface area contributed by atoms with Crippen molar-refractivity contribution in [3.05, 3.63) is 58.3 Å². The van der Waals surface area contributed by atoms with Crippen molar-refractivity contribution < 1.29 is 0 Å². The van der Waals surface area contributed by atoms with E-state index in [2.05, 4.69) is 41.9 Å². The van der Waals surface area contributed by atoms with Crippen LogP contribution >= 0.6 is 11.9 Å². The third-order valence-electron chi connectivity index (χ3n) is 7.05. The van der Waals surface area contributed by atoms with Crippen molar-refractivity contribution >= 4 is 28.9 Å². The van der Waals surface area contributed by atoms with E-state index in [4.69, 9.17) is 4.98 Å². The van der Waals surface area contributed by atoms with Crippen LogP contribution in [0, 0.1) is 12.8 Å². The molecule has 190 valence electrons. The highest BCUT2D eigenvalue weighted by Crippen LogP contribution is 2.43. The SMILES string of the molecule is CNSc1ccc(CNc2nc3cnc(-c4c(C)ncnc4C4CC4)nc3n([C@@H](C)C3CC3)c2=O)nc1. The number of aryl methyl sites for hydroxylation is 1. The molecule has 4 aromatic heterocycles. The summed E-state index contributed by atoms with van der Waals surface area (Å²) in [7, 11) is 1.87. The summed E-state index contributed by atoms with van der Waals surface area (Å²) in [6, 6.07) is 3.94. The van der Waals surface area contributed by atoms with Gasteiger partial charge in [0.1, 0.15) is 11.8 Å². The maximum absolute atomic E-state index is 13.7. The zero-order valence-electron chi connectivity index (χ0n) is 21.1. The molecule has 2 saturated carbocycles. The van der Waals surface area contributed by atoms with Crippen molar-refractivity contribution in [1.29, 1.82) is 0 Å². The molecule has 0 radical (unpaired) electrons. The van der Waals surface area contributed by atoms with Crippen molar-refractivity contribution in [3.8, 4) is 11.4 Å². The number of rotatable bonds is 9. The van der Waals surface area contributed by atoms with Crippen molar-refractivity contribution in [3.63, 3.8) is 0 Å². The van der Waals surface area contributed by atoms with Gasteiger partial charge < -0.3 is 5.32 Å². The number of hydrogen-bond donors (Lipinski definition) is 2. The molecule has 0 amide bonds. The highest BCUT2D eigenvalue weighted by Gasteiger charge is 2.33. The van der Waals surface area contributed by atoms with Crippen LogP contribution in [0.5, 0.6) is 0 Å². The molecule has 4 heterocycles. The van der Waals surface area contributed by atoms with Crippen molar-refractivity contribution in [2.75, 3.05) is 12.4 Å². The van der Waals surface area contributed by atoms with Gasteiger partial charge in [0, 0.05) is 23.1 Å². The predicted octanol–water partition coefficient (Wildman–Crippen LogP) is 4.03. The van der Waals surface area contributed by atoms with Gasteiger partial charge in [-0.15, -0.1) is 0 Å². The normalized spacial score (nSPS) is 16.2. The summed E-state index contributed by atoms with van der Waals surface area (Å²) >= 11 is 1.50. The lowest BCUT2D eigenvalue weighted by molar-refractivity contribution is 0.482. The van der Waals surface area contributed by atoms with E-state index in [0.29, 0.717) is 35.4 Å². The van der Waals surface area contributed by atoms with Gasteiger partial charge in [0.2, 0.25) is 0 Å². The van der Waals surface area contributed by atoms with Crippen LogP contribution in [-0.2, 0) is 6.54 Å². The number of nitrogens with one attached hydrogen (secondary N) is 2. The Morgan fingerprint density at radius 3 is 2.62 bits per heavy atom. The van der Waals surface area contributed by atoms with Gasteiger partial charge in [0.05, 0.1) is 35.4 Å².